The third-order valence-corrected chi connectivity index (χ3v) is 12.2. The van der Waals surface area contributed by atoms with Gasteiger partial charge in [0.05, 0.1) is 0 Å². The molecule has 2 nitrogen and oxygen atoms in total. The van der Waals surface area contributed by atoms with Crippen molar-refractivity contribution in [3.05, 3.63) is 144 Å². The first-order valence-corrected chi connectivity index (χ1v) is 20.1. The standard InChI is InChI=1S/C49H44BF3N2S/c1-29-17-19-31-21-23-38-45(34(31)25-29)54(40-15-11-9-13-36(40)47(3,4)5)42-27-33(56-49(51,52)53)28-43-44(42)50(38)39-24-22-32-20-18-30(2)26-35(32)46(39)55(43)41-16-12-10-14-37(41)48(6,7)8/h9-28H,1-8H3. The van der Waals surface area contributed by atoms with Gasteiger partial charge in [-0.3, -0.25) is 0 Å². The first-order valence-electron chi connectivity index (χ1n) is 19.3. The number of fused-ring (bicyclic) bond motifs is 8. The Bertz CT molecular complexity index is 2560. The van der Waals surface area contributed by atoms with E-state index in [-0.39, 0.29) is 34.2 Å². The lowest BCUT2D eigenvalue weighted by molar-refractivity contribution is -0.0328. The molecule has 0 radical (unpaired) electrons. The van der Waals surface area contributed by atoms with Crippen molar-refractivity contribution in [1.29, 1.82) is 0 Å². The molecule has 0 atom stereocenters. The summed E-state index contributed by atoms with van der Waals surface area (Å²) < 4.78 is 44.1. The second-order valence-corrected chi connectivity index (χ2v) is 18.7. The summed E-state index contributed by atoms with van der Waals surface area (Å²) in [5.74, 6) is 0. The Kier molecular flexibility index (Phi) is 8.27. The SMILES string of the molecule is Cc1ccc2ccc3c(c2c1)N(c1ccccc1C(C)(C)C)c1cc(SC(F)(F)F)cc2c1B3c1ccc3ccc(C)cc3c1N2c1ccccc1C(C)(C)C. The molecule has 0 bridgehead atoms. The van der Waals surface area contributed by atoms with Gasteiger partial charge < -0.3 is 9.80 Å². The van der Waals surface area contributed by atoms with E-state index in [2.05, 4.69) is 162 Å². The number of anilines is 6. The van der Waals surface area contributed by atoms with Gasteiger partial charge in [-0.25, -0.2) is 0 Å². The molecule has 0 unspecified atom stereocenters. The number of aryl methyl sites for hydroxylation is 2. The van der Waals surface area contributed by atoms with Gasteiger partial charge in [0.25, 0.3) is 6.71 Å². The van der Waals surface area contributed by atoms with Crippen molar-refractivity contribution >= 4 is 90.5 Å². The number of thioether (sulfide) groups is 1. The maximum Gasteiger partial charge on any atom is 0.446 e. The average molecular weight is 761 g/mol. The number of alkyl halides is 3. The summed E-state index contributed by atoms with van der Waals surface area (Å²) in [5, 5.41) is 4.32. The fourth-order valence-corrected chi connectivity index (χ4v) is 9.72. The second kappa shape index (κ2) is 12.7. The van der Waals surface area contributed by atoms with Gasteiger partial charge in [-0.15, -0.1) is 0 Å². The molecule has 0 saturated carbocycles. The summed E-state index contributed by atoms with van der Waals surface area (Å²) in [5.41, 5.74) is 8.24. The Morgan fingerprint density at radius 2 is 0.911 bits per heavy atom. The molecule has 0 aliphatic carbocycles. The summed E-state index contributed by atoms with van der Waals surface area (Å²) in [6.07, 6.45) is 0. The largest absolute Gasteiger partial charge is 0.446 e. The van der Waals surface area contributed by atoms with Crippen LogP contribution in [0.25, 0.3) is 21.5 Å². The molecule has 0 spiro atoms. The van der Waals surface area contributed by atoms with Crippen LogP contribution in [0.15, 0.2) is 126 Å². The van der Waals surface area contributed by atoms with Crippen LogP contribution in [0.1, 0.15) is 63.8 Å². The predicted molar refractivity (Wildman–Crippen MR) is 234 cm³/mol. The number of para-hydroxylation sites is 2. The van der Waals surface area contributed by atoms with Gasteiger partial charge in [0.15, 0.2) is 0 Å². The minimum Gasteiger partial charge on any atom is -0.310 e. The lowest BCUT2D eigenvalue weighted by atomic mass is 9.33. The zero-order valence-corrected chi connectivity index (χ0v) is 33.9. The molecular weight excluding hydrogens is 716 g/mol. The molecule has 7 aromatic rings. The van der Waals surface area contributed by atoms with Gasteiger partial charge in [0.1, 0.15) is 0 Å². The highest BCUT2D eigenvalue weighted by atomic mass is 32.2. The van der Waals surface area contributed by atoms with Crippen molar-refractivity contribution < 1.29 is 13.2 Å². The van der Waals surface area contributed by atoms with E-state index < -0.39 is 5.51 Å². The van der Waals surface area contributed by atoms with Gasteiger partial charge >= 0.3 is 5.51 Å². The van der Waals surface area contributed by atoms with Crippen molar-refractivity contribution in [2.75, 3.05) is 9.80 Å². The summed E-state index contributed by atoms with van der Waals surface area (Å²) in [7, 11) is 0. The van der Waals surface area contributed by atoms with Crippen LogP contribution in [0.5, 0.6) is 0 Å². The number of nitrogens with zero attached hydrogens (tertiary/aromatic N) is 2. The third-order valence-electron chi connectivity index (χ3n) is 11.4. The fourth-order valence-electron chi connectivity index (χ4n) is 9.12. The molecule has 0 fully saturated rings. The number of hydrogen-bond acceptors (Lipinski definition) is 3. The van der Waals surface area contributed by atoms with E-state index in [1.165, 1.54) is 0 Å². The predicted octanol–water partition coefficient (Wildman–Crippen LogP) is 12.9. The van der Waals surface area contributed by atoms with Gasteiger partial charge in [-0.1, -0.05) is 138 Å². The van der Waals surface area contributed by atoms with E-state index >= 15 is 0 Å². The average Bonchev–Trinajstić information content (AvgIpc) is 3.13. The maximum absolute atomic E-state index is 14.7. The molecule has 2 aliphatic heterocycles. The molecule has 9 rings (SSSR count). The van der Waals surface area contributed by atoms with Crippen LogP contribution in [-0.2, 0) is 10.8 Å². The van der Waals surface area contributed by atoms with Crippen LogP contribution in [0.2, 0.25) is 0 Å². The van der Waals surface area contributed by atoms with Crippen molar-refractivity contribution in [3.63, 3.8) is 0 Å². The van der Waals surface area contributed by atoms with Crippen LogP contribution in [0.3, 0.4) is 0 Å². The normalized spacial score (nSPS) is 13.9. The van der Waals surface area contributed by atoms with E-state index in [1.54, 1.807) is 12.1 Å². The first kappa shape index (κ1) is 36.5. The molecular formula is C49H44BF3N2S. The third kappa shape index (κ3) is 5.89. The highest BCUT2D eigenvalue weighted by Crippen LogP contribution is 2.52. The molecule has 0 saturated heterocycles. The smallest absolute Gasteiger partial charge is 0.310 e. The molecule has 0 aromatic heterocycles. The zero-order valence-electron chi connectivity index (χ0n) is 33.1. The van der Waals surface area contributed by atoms with Crippen LogP contribution in [0, 0.1) is 13.8 Å². The van der Waals surface area contributed by atoms with Gasteiger partial charge in [0, 0.05) is 49.8 Å². The van der Waals surface area contributed by atoms with Gasteiger partial charge in [-0.05, 0) is 111 Å². The Hall–Kier alpha value is -5.14. The van der Waals surface area contributed by atoms with Crippen LogP contribution >= 0.6 is 11.8 Å². The quantitative estimate of drug-likeness (QED) is 0.131. The highest BCUT2D eigenvalue weighted by Gasteiger charge is 2.46. The molecule has 56 heavy (non-hydrogen) atoms. The number of halogens is 3. The number of rotatable bonds is 3. The lowest BCUT2D eigenvalue weighted by Crippen LogP contribution is -2.61. The topological polar surface area (TPSA) is 6.48 Å². The minimum absolute atomic E-state index is 0.0362. The zero-order chi connectivity index (χ0) is 39.5. The lowest BCUT2D eigenvalue weighted by Gasteiger charge is -2.46. The molecule has 7 heteroatoms. The summed E-state index contributed by atoms with van der Waals surface area (Å²) in [6.45, 7) is 17.2. The maximum atomic E-state index is 14.7. The minimum atomic E-state index is -4.49. The summed E-state index contributed by atoms with van der Waals surface area (Å²) >= 11 is -0.0362. The number of benzene rings is 7. The molecule has 280 valence electrons. The Labute approximate surface area is 332 Å². The van der Waals surface area contributed by atoms with E-state index in [0.717, 1.165) is 94.3 Å². The van der Waals surface area contributed by atoms with Crippen molar-refractivity contribution in [2.45, 2.75) is 76.6 Å². The summed E-state index contributed by atoms with van der Waals surface area (Å²) in [6, 6.07) is 42.4. The monoisotopic (exact) mass is 760 g/mol. The Morgan fingerprint density at radius 3 is 1.32 bits per heavy atom. The first-order chi connectivity index (χ1) is 26.5. The van der Waals surface area contributed by atoms with Crippen LogP contribution in [-0.4, -0.2) is 12.2 Å². The molecule has 0 N–H and O–H groups in total. The van der Waals surface area contributed by atoms with Crippen molar-refractivity contribution in [2.24, 2.45) is 0 Å². The van der Waals surface area contributed by atoms with E-state index in [9.17, 15) is 13.2 Å². The highest BCUT2D eigenvalue weighted by molar-refractivity contribution is 8.00. The second-order valence-electron chi connectivity index (χ2n) is 17.5. The number of hydrogen-bond donors (Lipinski definition) is 0. The molecule has 2 heterocycles. The summed E-state index contributed by atoms with van der Waals surface area (Å²) in [4.78, 5) is 4.73. The molecule has 2 aliphatic rings. The Balaban J connectivity index is 1.51. The van der Waals surface area contributed by atoms with E-state index in [1.807, 2.05) is 12.1 Å². The van der Waals surface area contributed by atoms with E-state index in [0.29, 0.717) is 0 Å². The molecule has 7 aromatic carbocycles. The van der Waals surface area contributed by atoms with Gasteiger partial charge in [-0.2, -0.15) is 13.2 Å². The van der Waals surface area contributed by atoms with Crippen molar-refractivity contribution in [3.8, 4) is 0 Å². The van der Waals surface area contributed by atoms with Crippen LogP contribution < -0.4 is 26.2 Å². The van der Waals surface area contributed by atoms with Crippen molar-refractivity contribution in [1.82, 2.24) is 0 Å². The fraction of sp³-hybridized carbons (Fsp3) is 0.224. The molecule has 0 amide bonds. The van der Waals surface area contributed by atoms with Crippen LogP contribution in [0.4, 0.5) is 47.3 Å². The Morgan fingerprint density at radius 1 is 0.500 bits per heavy atom. The van der Waals surface area contributed by atoms with E-state index in [4.69, 9.17) is 0 Å². The van der Waals surface area contributed by atoms with Gasteiger partial charge in [0.2, 0.25) is 0 Å².